The highest BCUT2D eigenvalue weighted by Gasteiger charge is 2.31. The molecule has 39 heavy (non-hydrogen) atoms. The minimum atomic E-state index is -0.925. The fourth-order valence-electron chi connectivity index (χ4n) is 4.27. The Kier molecular flexibility index (Phi) is 9.24. The zero-order valence-electron chi connectivity index (χ0n) is 21.8. The van der Waals surface area contributed by atoms with Crippen LogP contribution in [0, 0.1) is 5.82 Å². The number of nitrogens with one attached hydrogen (secondary N) is 1. The summed E-state index contributed by atoms with van der Waals surface area (Å²) >= 11 is 0. The maximum Gasteiger partial charge on any atom is 0.247 e. The average Bonchev–Trinajstić information content (AvgIpc) is 2.97. The largest absolute Gasteiger partial charge is 0.493 e. The van der Waals surface area contributed by atoms with E-state index in [0.717, 1.165) is 5.56 Å². The predicted molar refractivity (Wildman–Crippen MR) is 145 cm³/mol. The molecule has 0 aliphatic rings. The summed E-state index contributed by atoms with van der Waals surface area (Å²) in [4.78, 5) is 33.2. The van der Waals surface area contributed by atoms with Crippen molar-refractivity contribution >= 4 is 11.8 Å². The maximum atomic E-state index is 13.9. The molecule has 0 aliphatic heterocycles. The van der Waals surface area contributed by atoms with Crippen molar-refractivity contribution in [3.63, 3.8) is 0 Å². The van der Waals surface area contributed by atoms with Crippen LogP contribution < -0.4 is 14.8 Å². The molecule has 8 heteroatoms. The lowest BCUT2D eigenvalue weighted by molar-refractivity contribution is -0.141. The molecule has 0 saturated carbocycles. The van der Waals surface area contributed by atoms with Gasteiger partial charge in [-0.25, -0.2) is 4.39 Å². The number of hydrogen-bond donors (Lipinski definition) is 1. The van der Waals surface area contributed by atoms with Crippen molar-refractivity contribution in [2.45, 2.75) is 25.6 Å². The molecule has 1 heterocycles. The third kappa shape index (κ3) is 7.19. The van der Waals surface area contributed by atoms with Gasteiger partial charge in [0.15, 0.2) is 11.5 Å². The van der Waals surface area contributed by atoms with Crippen LogP contribution in [0.15, 0.2) is 97.3 Å². The zero-order valence-corrected chi connectivity index (χ0v) is 21.8. The van der Waals surface area contributed by atoms with Crippen LogP contribution in [0.3, 0.4) is 0 Å². The minimum absolute atomic E-state index is 0.0164. The lowest BCUT2D eigenvalue weighted by atomic mass is 10.0. The highest BCUT2D eigenvalue weighted by Crippen LogP contribution is 2.29. The van der Waals surface area contributed by atoms with Crippen LogP contribution in [0.2, 0.25) is 0 Å². The van der Waals surface area contributed by atoms with Crippen molar-refractivity contribution in [1.29, 1.82) is 0 Å². The second-order valence-corrected chi connectivity index (χ2v) is 8.90. The predicted octanol–water partition coefficient (Wildman–Crippen LogP) is 4.87. The minimum Gasteiger partial charge on any atom is -0.493 e. The Morgan fingerprint density at radius 3 is 2.18 bits per heavy atom. The van der Waals surface area contributed by atoms with Gasteiger partial charge in [0, 0.05) is 25.5 Å². The number of benzene rings is 3. The Bertz CT molecular complexity index is 1380. The summed E-state index contributed by atoms with van der Waals surface area (Å²) in [5, 5.41) is 2.97. The van der Waals surface area contributed by atoms with Gasteiger partial charge in [-0.2, -0.15) is 0 Å². The maximum absolute atomic E-state index is 13.9. The van der Waals surface area contributed by atoms with E-state index in [-0.39, 0.29) is 37.1 Å². The van der Waals surface area contributed by atoms with Crippen molar-refractivity contribution < 1.29 is 23.5 Å². The first-order chi connectivity index (χ1) is 19.0. The summed E-state index contributed by atoms with van der Waals surface area (Å²) in [7, 11) is 3.07. The number of hydrogen-bond acceptors (Lipinski definition) is 5. The molecule has 4 rings (SSSR count). The number of methoxy groups -OCH3 is 2. The van der Waals surface area contributed by atoms with Gasteiger partial charge in [0.2, 0.25) is 11.8 Å². The van der Waals surface area contributed by atoms with Gasteiger partial charge in [-0.15, -0.1) is 0 Å². The van der Waals surface area contributed by atoms with E-state index in [0.29, 0.717) is 28.2 Å². The molecule has 0 fully saturated rings. The Balaban J connectivity index is 1.68. The highest BCUT2D eigenvalue weighted by atomic mass is 19.1. The second kappa shape index (κ2) is 13.2. The topological polar surface area (TPSA) is 80.8 Å². The van der Waals surface area contributed by atoms with Crippen molar-refractivity contribution in [3.05, 3.63) is 125 Å². The molecule has 2 amide bonds. The number of pyridine rings is 1. The molecule has 7 nitrogen and oxygen atoms in total. The molecule has 0 saturated heterocycles. The van der Waals surface area contributed by atoms with E-state index in [1.165, 1.54) is 24.1 Å². The Hall–Kier alpha value is -4.72. The third-order valence-corrected chi connectivity index (χ3v) is 6.28. The van der Waals surface area contributed by atoms with E-state index < -0.39 is 6.04 Å². The molecule has 200 valence electrons. The molecule has 1 unspecified atom stereocenters. The van der Waals surface area contributed by atoms with Gasteiger partial charge in [-0.05, 0) is 58.7 Å². The van der Waals surface area contributed by atoms with Gasteiger partial charge >= 0.3 is 0 Å². The summed E-state index contributed by atoms with van der Waals surface area (Å²) in [6.07, 6.45) is 3.33. The number of amides is 2. The summed E-state index contributed by atoms with van der Waals surface area (Å²) in [6.45, 7) is 0.383. The van der Waals surface area contributed by atoms with Gasteiger partial charge in [0.05, 0.1) is 20.6 Å². The van der Waals surface area contributed by atoms with E-state index >= 15 is 0 Å². The number of rotatable bonds is 11. The van der Waals surface area contributed by atoms with Crippen molar-refractivity contribution in [1.82, 2.24) is 15.2 Å². The molecule has 0 bridgehead atoms. The molecular weight excluding hydrogens is 497 g/mol. The molecule has 1 atom stereocenters. The quantitative estimate of drug-likeness (QED) is 0.301. The first-order valence-electron chi connectivity index (χ1n) is 12.4. The number of halogens is 1. The number of nitrogens with zero attached hydrogens (tertiary/aromatic N) is 2. The Morgan fingerprint density at radius 2 is 1.51 bits per heavy atom. The van der Waals surface area contributed by atoms with E-state index in [1.54, 1.807) is 49.8 Å². The monoisotopic (exact) mass is 527 g/mol. The lowest BCUT2D eigenvalue weighted by Gasteiger charge is -2.32. The standard InChI is InChI=1S/C31H30FN3O4/c1-38-27-13-10-24(18-28(27)39-2)19-29(36)35(21-23-8-11-26(32)12-9-23)30(25-6-4-3-5-7-25)31(37)34-20-22-14-16-33-17-15-22/h3-18,30H,19-21H2,1-2H3,(H,34,37). The fourth-order valence-corrected chi connectivity index (χ4v) is 4.27. The number of ether oxygens (including phenoxy) is 2. The van der Waals surface area contributed by atoms with Crippen LogP contribution in [0.4, 0.5) is 4.39 Å². The first kappa shape index (κ1) is 27.3. The van der Waals surface area contributed by atoms with Crippen LogP contribution in [-0.4, -0.2) is 35.9 Å². The molecule has 0 radical (unpaired) electrons. The summed E-state index contributed by atoms with van der Waals surface area (Å²) in [5.41, 5.74) is 2.94. The van der Waals surface area contributed by atoms with Crippen molar-refractivity contribution in [3.8, 4) is 11.5 Å². The number of carbonyl (C=O) groups excluding carboxylic acids is 2. The Morgan fingerprint density at radius 1 is 0.846 bits per heavy atom. The van der Waals surface area contributed by atoms with Gasteiger partial charge in [0.1, 0.15) is 11.9 Å². The number of aromatic nitrogens is 1. The number of carbonyl (C=O) groups is 2. The van der Waals surface area contributed by atoms with E-state index in [1.807, 2.05) is 42.5 Å². The first-order valence-corrected chi connectivity index (χ1v) is 12.4. The van der Waals surface area contributed by atoms with Gasteiger partial charge < -0.3 is 19.7 Å². The molecule has 0 aliphatic carbocycles. The smallest absolute Gasteiger partial charge is 0.247 e. The molecule has 4 aromatic rings. The normalized spacial score (nSPS) is 11.4. The lowest BCUT2D eigenvalue weighted by Crippen LogP contribution is -2.43. The van der Waals surface area contributed by atoms with Crippen LogP contribution in [0.5, 0.6) is 11.5 Å². The van der Waals surface area contributed by atoms with Crippen molar-refractivity contribution in [2.24, 2.45) is 0 Å². The van der Waals surface area contributed by atoms with Crippen LogP contribution >= 0.6 is 0 Å². The second-order valence-electron chi connectivity index (χ2n) is 8.90. The van der Waals surface area contributed by atoms with E-state index in [2.05, 4.69) is 10.3 Å². The molecule has 1 aromatic heterocycles. The Labute approximate surface area is 227 Å². The fraction of sp³-hybridized carbons (Fsp3) is 0.194. The summed E-state index contributed by atoms with van der Waals surface area (Å²) < 4.78 is 24.4. The van der Waals surface area contributed by atoms with Crippen LogP contribution in [0.25, 0.3) is 0 Å². The van der Waals surface area contributed by atoms with Crippen LogP contribution in [-0.2, 0) is 29.1 Å². The van der Waals surface area contributed by atoms with E-state index in [4.69, 9.17) is 9.47 Å². The molecule has 3 aromatic carbocycles. The summed E-state index contributed by atoms with van der Waals surface area (Å²) in [5.74, 6) is 0.0639. The summed E-state index contributed by atoms with van der Waals surface area (Å²) in [6, 6.07) is 23.0. The SMILES string of the molecule is COc1ccc(CC(=O)N(Cc2ccc(F)cc2)C(C(=O)NCc2ccncc2)c2ccccc2)cc1OC. The van der Waals surface area contributed by atoms with Gasteiger partial charge in [-0.1, -0.05) is 48.5 Å². The molecule has 1 N–H and O–H groups in total. The van der Waals surface area contributed by atoms with Gasteiger partial charge in [0.25, 0.3) is 0 Å². The average molecular weight is 528 g/mol. The van der Waals surface area contributed by atoms with Gasteiger partial charge in [-0.3, -0.25) is 14.6 Å². The molecular formula is C31H30FN3O4. The highest BCUT2D eigenvalue weighted by molar-refractivity contribution is 5.89. The third-order valence-electron chi connectivity index (χ3n) is 6.28. The van der Waals surface area contributed by atoms with Crippen molar-refractivity contribution in [2.75, 3.05) is 14.2 Å². The molecule has 0 spiro atoms. The van der Waals surface area contributed by atoms with Crippen LogP contribution in [0.1, 0.15) is 28.3 Å². The zero-order chi connectivity index (χ0) is 27.6. The van der Waals surface area contributed by atoms with E-state index in [9.17, 15) is 14.0 Å².